The van der Waals surface area contributed by atoms with E-state index in [2.05, 4.69) is 0 Å². The van der Waals surface area contributed by atoms with Gasteiger partial charge in [-0.05, 0) is 30.7 Å². The molecule has 0 fully saturated rings. The number of carbonyl (C=O) groups excluding carboxylic acids is 1. The Balaban J connectivity index is 2.21. The SMILES string of the molecule is CCCCN1C=CC=CC1(C(O)CC(=O)Oc1ccccc1)C(F)(F)F. The van der Waals surface area contributed by atoms with Crippen molar-refractivity contribution in [2.24, 2.45) is 0 Å². The van der Waals surface area contributed by atoms with Crippen LogP contribution in [0.1, 0.15) is 26.2 Å². The van der Waals surface area contributed by atoms with Crippen LogP contribution >= 0.6 is 0 Å². The molecule has 1 aromatic carbocycles. The number of aliphatic hydroxyl groups is 1. The number of ether oxygens (including phenoxy) is 1. The zero-order valence-electron chi connectivity index (χ0n) is 14.4. The molecule has 0 amide bonds. The number of rotatable bonds is 7. The molecular weight excluding hydrogens is 347 g/mol. The highest BCUT2D eigenvalue weighted by molar-refractivity contribution is 5.73. The Bertz CT molecular complexity index is 658. The second kappa shape index (κ2) is 8.40. The van der Waals surface area contributed by atoms with Crippen molar-refractivity contribution in [2.75, 3.05) is 6.54 Å². The van der Waals surface area contributed by atoms with Gasteiger partial charge in [0.25, 0.3) is 0 Å². The first-order valence-corrected chi connectivity index (χ1v) is 8.44. The zero-order chi connectivity index (χ0) is 19.2. The number of nitrogens with zero attached hydrogens (tertiary/aromatic N) is 1. The fraction of sp³-hybridized carbons (Fsp3) is 0.421. The van der Waals surface area contributed by atoms with Crippen molar-refractivity contribution in [3.8, 4) is 5.75 Å². The Morgan fingerprint density at radius 2 is 1.96 bits per heavy atom. The summed E-state index contributed by atoms with van der Waals surface area (Å²) in [6, 6.07) is 8.02. The van der Waals surface area contributed by atoms with Gasteiger partial charge in [0.1, 0.15) is 11.9 Å². The molecule has 0 spiro atoms. The normalized spacial score (nSPS) is 20.9. The summed E-state index contributed by atoms with van der Waals surface area (Å²) in [5.74, 6) is -0.710. The van der Waals surface area contributed by atoms with Gasteiger partial charge in [0.15, 0.2) is 5.54 Å². The van der Waals surface area contributed by atoms with Crippen molar-refractivity contribution in [3.63, 3.8) is 0 Å². The van der Waals surface area contributed by atoms with Crippen molar-refractivity contribution < 1.29 is 27.8 Å². The van der Waals surface area contributed by atoms with Crippen LogP contribution in [-0.2, 0) is 4.79 Å². The predicted octanol–water partition coefficient (Wildman–Crippen LogP) is 3.83. The van der Waals surface area contributed by atoms with Crippen LogP contribution in [0.2, 0.25) is 0 Å². The maximum absolute atomic E-state index is 14.0. The van der Waals surface area contributed by atoms with Crippen molar-refractivity contribution in [2.45, 2.75) is 44.0 Å². The molecule has 1 aliphatic rings. The van der Waals surface area contributed by atoms with Crippen molar-refractivity contribution >= 4 is 5.97 Å². The summed E-state index contributed by atoms with van der Waals surface area (Å²) >= 11 is 0. The number of hydrogen-bond donors (Lipinski definition) is 1. The fourth-order valence-electron chi connectivity index (χ4n) is 2.89. The van der Waals surface area contributed by atoms with Gasteiger partial charge in [-0.1, -0.05) is 37.6 Å². The van der Waals surface area contributed by atoms with E-state index in [-0.39, 0.29) is 12.3 Å². The lowest BCUT2D eigenvalue weighted by atomic mass is 9.85. The molecule has 4 nitrogen and oxygen atoms in total. The van der Waals surface area contributed by atoms with Crippen molar-refractivity contribution in [1.82, 2.24) is 4.90 Å². The summed E-state index contributed by atoms with van der Waals surface area (Å²) in [6.07, 6.45) is -1.40. The molecule has 1 N–H and O–H groups in total. The minimum absolute atomic E-state index is 0.113. The van der Waals surface area contributed by atoms with Crippen LogP contribution in [0.25, 0.3) is 0 Å². The van der Waals surface area contributed by atoms with E-state index in [0.29, 0.717) is 12.8 Å². The number of para-hydroxylation sites is 1. The molecule has 2 rings (SSSR count). The second-order valence-electron chi connectivity index (χ2n) is 6.08. The Morgan fingerprint density at radius 1 is 1.27 bits per heavy atom. The molecule has 26 heavy (non-hydrogen) atoms. The third-order valence-corrected chi connectivity index (χ3v) is 4.25. The van der Waals surface area contributed by atoms with Crippen LogP contribution in [0.15, 0.2) is 54.8 Å². The fourth-order valence-corrected chi connectivity index (χ4v) is 2.89. The molecule has 1 heterocycles. The highest BCUT2D eigenvalue weighted by atomic mass is 19.4. The summed E-state index contributed by atoms with van der Waals surface area (Å²) in [4.78, 5) is 13.1. The molecule has 1 aliphatic heterocycles. The topological polar surface area (TPSA) is 49.8 Å². The van der Waals surface area contributed by atoms with E-state index < -0.39 is 30.2 Å². The molecule has 0 radical (unpaired) electrons. The second-order valence-corrected chi connectivity index (χ2v) is 6.08. The van der Waals surface area contributed by atoms with Gasteiger partial charge < -0.3 is 14.7 Å². The molecule has 7 heteroatoms. The zero-order valence-corrected chi connectivity index (χ0v) is 14.4. The predicted molar refractivity (Wildman–Crippen MR) is 91.4 cm³/mol. The molecule has 0 aliphatic carbocycles. The van der Waals surface area contributed by atoms with E-state index in [1.54, 1.807) is 18.2 Å². The lowest BCUT2D eigenvalue weighted by Gasteiger charge is -2.46. The van der Waals surface area contributed by atoms with Crippen LogP contribution in [0, 0.1) is 0 Å². The lowest BCUT2D eigenvalue weighted by Crippen LogP contribution is -2.64. The van der Waals surface area contributed by atoms with Crippen LogP contribution in [-0.4, -0.2) is 40.3 Å². The monoisotopic (exact) mass is 369 g/mol. The third-order valence-electron chi connectivity index (χ3n) is 4.25. The molecule has 0 aromatic heterocycles. The first kappa shape index (κ1) is 20.0. The number of halogens is 3. The maximum Gasteiger partial charge on any atom is 0.417 e. The number of alkyl halides is 3. The van der Waals surface area contributed by atoms with Gasteiger partial charge in [-0.2, -0.15) is 13.2 Å². The summed E-state index contributed by atoms with van der Waals surface area (Å²) in [5.41, 5.74) is -2.66. The van der Waals surface area contributed by atoms with Gasteiger partial charge in [0.05, 0.1) is 6.42 Å². The van der Waals surface area contributed by atoms with Gasteiger partial charge in [-0.3, -0.25) is 4.79 Å². The largest absolute Gasteiger partial charge is 0.426 e. The number of esters is 1. The van der Waals surface area contributed by atoms with Gasteiger partial charge in [0, 0.05) is 12.7 Å². The molecule has 0 saturated carbocycles. The lowest BCUT2D eigenvalue weighted by molar-refractivity contribution is -0.236. The molecule has 2 unspecified atom stereocenters. The van der Waals surface area contributed by atoms with Crippen LogP contribution in [0.4, 0.5) is 13.2 Å². The highest BCUT2D eigenvalue weighted by Gasteiger charge is 2.61. The minimum atomic E-state index is -4.77. The summed E-state index contributed by atoms with van der Waals surface area (Å²) in [5, 5.41) is 10.4. The van der Waals surface area contributed by atoms with Crippen molar-refractivity contribution in [3.05, 3.63) is 54.8 Å². The van der Waals surface area contributed by atoms with E-state index in [1.165, 1.54) is 30.5 Å². The Hall–Kier alpha value is -2.28. The molecule has 2 atom stereocenters. The minimum Gasteiger partial charge on any atom is -0.426 e. The van der Waals surface area contributed by atoms with Gasteiger partial charge in [-0.25, -0.2) is 0 Å². The van der Waals surface area contributed by atoms with Crippen LogP contribution in [0.5, 0.6) is 5.75 Å². The molecule has 0 bridgehead atoms. The summed E-state index contributed by atoms with van der Waals surface area (Å²) in [7, 11) is 0. The Labute approximate surface area is 150 Å². The van der Waals surface area contributed by atoms with Crippen LogP contribution in [0.3, 0.4) is 0 Å². The molecule has 1 aromatic rings. The van der Waals surface area contributed by atoms with E-state index in [1.807, 2.05) is 6.92 Å². The Morgan fingerprint density at radius 3 is 2.58 bits per heavy atom. The number of aliphatic hydroxyl groups excluding tert-OH is 1. The van der Waals surface area contributed by atoms with Crippen LogP contribution < -0.4 is 4.74 Å². The quantitative estimate of drug-likeness (QED) is 0.586. The summed E-state index contributed by atoms with van der Waals surface area (Å²) < 4.78 is 46.9. The standard InChI is InChI=1S/C19H22F3NO3/c1-2-3-12-23-13-8-7-11-18(23,19(20,21)22)16(24)14-17(25)26-15-9-5-4-6-10-15/h4-11,13,16,24H,2-3,12,14H2,1H3. The number of hydrogen-bond acceptors (Lipinski definition) is 4. The first-order chi connectivity index (χ1) is 12.3. The smallest absolute Gasteiger partial charge is 0.417 e. The van der Waals surface area contributed by atoms with E-state index in [9.17, 15) is 23.1 Å². The average molecular weight is 369 g/mol. The molecular formula is C19H22F3NO3. The van der Waals surface area contributed by atoms with Gasteiger partial charge in [0.2, 0.25) is 0 Å². The summed E-state index contributed by atoms with van der Waals surface area (Å²) in [6.45, 7) is 1.98. The third kappa shape index (κ3) is 4.27. The van der Waals surface area contributed by atoms with E-state index >= 15 is 0 Å². The van der Waals surface area contributed by atoms with E-state index in [0.717, 1.165) is 11.0 Å². The van der Waals surface area contributed by atoms with Gasteiger partial charge in [-0.15, -0.1) is 0 Å². The first-order valence-electron chi connectivity index (χ1n) is 8.44. The van der Waals surface area contributed by atoms with Gasteiger partial charge >= 0.3 is 12.1 Å². The molecule has 0 saturated heterocycles. The highest BCUT2D eigenvalue weighted by Crippen LogP contribution is 2.42. The Kier molecular flexibility index (Phi) is 6.47. The number of benzene rings is 1. The average Bonchev–Trinajstić information content (AvgIpc) is 2.59. The number of carbonyl (C=O) groups is 1. The maximum atomic E-state index is 14.0. The van der Waals surface area contributed by atoms with Crippen molar-refractivity contribution in [1.29, 1.82) is 0 Å². The van der Waals surface area contributed by atoms with E-state index in [4.69, 9.17) is 4.74 Å². The number of unbranched alkanes of at least 4 members (excludes halogenated alkanes) is 1. The number of allylic oxidation sites excluding steroid dienone is 2. The molecule has 142 valence electrons.